The number of fused-ring (bicyclic) bond motifs is 1. The fourth-order valence-electron chi connectivity index (χ4n) is 3.49. The van der Waals surface area contributed by atoms with Gasteiger partial charge in [-0.25, -0.2) is 4.98 Å². The Hall–Kier alpha value is -1.99. The summed E-state index contributed by atoms with van der Waals surface area (Å²) in [7, 11) is 0. The fourth-order valence-corrected chi connectivity index (χ4v) is 4.55. The SMILES string of the molecule is O=C(CN1CCN(c2ccncc2)CC1)Nc1nc2c(s1)CCCC2. The van der Waals surface area contributed by atoms with Crippen LogP contribution >= 0.6 is 11.3 Å². The van der Waals surface area contributed by atoms with Gasteiger partial charge in [0, 0.05) is 49.1 Å². The number of carbonyl (C=O) groups is 1. The van der Waals surface area contributed by atoms with Crippen molar-refractivity contribution in [1.29, 1.82) is 0 Å². The second-order valence-corrected chi connectivity index (χ2v) is 7.70. The topological polar surface area (TPSA) is 61.4 Å². The van der Waals surface area contributed by atoms with E-state index in [0.717, 1.165) is 44.2 Å². The molecule has 0 spiro atoms. The molecule has 7 heteroatoms. The fraction of sp³-hybridized carbons (Fsp3) is 0.500. The van der Waals surface area contributed by atoms with Crippen molar-refractivity contribution < 1.29 is 4.79 Å². The van der Waals surface area contributed by atoms with Gasteiger partial charge in [-0.05, 0) is 37.8 Å². The molecular weight excluding hydrogens is 334 g/mol. The smallest absolute Gasteiger partial charge is 0.240 e. The van der Waals surface area contributed by atoms with Gasteiger partial charge in [-0.1, -0.05) is 0 Å². The van der Waals surface area contributed by atoms with Crippen LogP contribution < -0.4 is 10.2 Å². The first-order valence-electron chi connectivity index (χ1n) is 8.94. The molecule has 0 bridgehead atoms. The van der Waals surface area contributed by atoms with Gasteiger partial charge < -0.3 is 10.2 Å². The number of hydrogen-bond donors (Lipinski definition) is 1. The van der Waals surface area contributed by atoms with Gasteiger partial charge in [-0.2, -0.15) is 0 Å². The highest BCUT2D eigenvalue weighted by Crippen LogP contribution is 2.29. The van der Waals surface area contributed by atoms with E-state index < -0.39 is 0 Å². The Balaban J connectivity index is 1.27. The van der Waals surface area contributed by atoms with Crippen molar-refractivity contribution in [1.82, 2.24) is 14.9 Å². The van der Waals surface area contributed by atoms with Crippen molar-refractivity contribution in [3.8, 4) is 0 Å². The van der Waals surface area contributed by atoms with Gasteiger partial charge in [-0.15, -0.1) is 11.3 Å². The Morgan fingerprint density at radius 1 is 1.12 bits per heavy atom. The molecule has 132 valence electrons. The van der Waals surface area contributed by atoms with Crippen LogP contribution in [-0.4, -0.2) is 53.5 Å². The van der Waals surface area contributed by atoms with Crippen LogP contribution in [0.25, 0.3) is 0 Å². The number of thiazole rings is 1. The predicted octanol–water partition coefficient (Wildman–Crippen LogP) is 2.18. The Bertz CT molecular complexity index is 701. The summed E-state index contributed by atoms with van der Waals surface area (Å²) in [5, 5.41) is 3.76. The predicted molar refractivity (Wildman–Crippen MR) is 100 cm³/mol. The molecular formula is C18H23N5OS. The maximum absolute atomic E-state index is 12.3. The summed E-state index contributed by atoms with van der Waals surface area (Å²) in [6.45, 7) is 4.09. The summed E-state index contributed by atoms with van der Waals surface area (Å²) in [4.78, 5) is 26.9. The van der Waals surface area contributed by atoms with Gasteiger partial charge in [0.2, 0.25) is 5.91 Å². The number of aromatic nitrogens is 2. The number of hydrogen-bond acceptors (Lipinski definition) is 6. The molecule has 3 heterocycles. The van der Waals surface area contributed by atoms with Crippen molar-refractivity contribution in [2.24, 2.45) is 0 Å². The first kappa shape index (κ1) is 16.5. The third-order valence-corrected chi connectivity index (χ3v) is 5.93. The number of piperazine rings is 1. The molecule has 0 unspecified atom stereocenters. The van der Waals surface area contributed by atoms with Crippen molar-refractivity contribution >= 4 is 28.1 Å². The van der Waals surface area contributed by atoms with E-state index >= 15 is 0 Å². The van der Waals surface area contributed by atoms with Gasteiger partial charge in [-0.3, -0.25) is 14.7 Å². The highest BCUT2D eigenvalue weighted by Gasteiger charge is 2.21. The van der Waals surface area contributed by atoms with Crippen molar-refractivity contribution in [2.45, 2.75) is 25.7 Å². The summed E-state index contributed by atoms with van der Waals surface area (Å²) >= 11 is 1.65. The average Bonchev–Trinajstić information content (AvgIpc) is 3.05. The first-order valence-corrected chi connectivity index (χ1v) is 9.75. The van der Waals surface area contributed by atoms with Crippen LogP contribution in [0.1, 0.15) is 23.4 Å². The highest BCUT2D eigenvalue weighted by atomic mass is 32.1. The molecule has 2 aromatic rings. The Kier molecular flexibility index (Phi) is 4.94. The van der Waals surface area contributed by atoms with Gasteiger partial charge in [0.25, 0.3) is 0 Å². The van der Waals surface area contributed by atoms with Crippen LogP contribution in [0.2, 0.25) is 0 Å². The van der Waals surface area contributed by atoms with E-state index in [1.807, 2.05) is 24.5 Å². The summed E-state index contributed by atoms with van der Waals surface area (Å²) in [5.41, 5.74) is 2.39. The lowest BCUT2D eigenvalue weighted by Gasteiger charge is -2.35. The molecule has 0 radical (unpaired) electrons. The van der Waals surface area contributed by atoms with Crippen LogP contribution in [0, 0.1) is 0 Å². The van der Waals surface area contributed by atoms with E-state index in [-0.39, 0.29) is 5.91 Å². The lowest BCUT2D eigenvalue weighted by molar-refractivity contribution is -0.117. The maximum Gasteiger partial charge on any atom is 0.240 e. The van der Waals surface area contributed by atoms with E-state index in [1.165, 1.54) is 29.1 Å². The zero-order valence-corrected chi connectivity index (χ0v) is 15.1. The second kappa shape index (κ2) is 7.49. The van der Waals surface area contributed by atoms with Gasteiger partial charge in [0.1, 0.15) is 0 Å². The van der Waals surface area contributed by atoms with E-state index in [4.69, 9.17) is 0 Å². The van der Waals surface area contributed by atoms with E-state index in [1.54, 1.807) is 11.3 Å². The maximum atomic E-state index is 12.3. The molecule has 2 aliphatic rings. The normalized spacial score (nSPS) is 18.0. The molecule has 1 N–H and O–H groups in total. The number of amides is 1. The van der Waals surface area contributed by atoms with Gasteiger partial charge >= 0.3 is 0 Å². The zero-order valence-electron chi connectivity index (χ0n) is 14.3. The summed E-state index contributed by atoms with van der Waals surface area (Å²) < 4.78 is 0. The molecule has 0 aromatic carbocycles. The quantitative estimate of drug-likeness (QED) is 0.909. The largest absolute Gasteiger partial charge is 0.369 e. The standard InChI is InChI=1S/C18H23N5OS/c24-17(21-18-20-15-3-1-2-4-16(15)25-18)13-22-9-11-23(12-10-22)14-5-7-19-8-6-14/h5-8H,1-4,9-13H2,(H,20,21,24). The van der Waals surface area contributed by atoms with Crippen LogP contribution in [-0.2, 0) is 17.6 Å². The monoisotopic (exact) mass is 357 g/mol. The molecule has 25 heavy (non-hydrogen) atoms. The number of rotatable bonds is 4. The summed E-state index contributed by atoms with van der Waals surface area (Å²) in [6.07, 6.45) is 8.26. The number of nitrogens with zero attached hydrogens (tertiary/aromatic N) is 4. The lowest BCUT2D eigenvalue weighted by atomic mass is 10.0. The summed E-state index contributed by atoms with van der Waals surface area (Å²) in [5.74, 6) is 0.0449. The number of anilines is 2. The van der Waals surface area contributed by atoms with Crippen LogP contribution in [0.3, 0.4) is 0 Å². The van der Waals surface area contributed by atoms with Gasteiger partial charge in [0.05, 0.1) is 12.2 Å². The van der Waals surface area contributed by atoms with Crippen molar-refractivity contribution in [2.75, 3.05) is 42.9 Å². The molecule has 1 saturated heterocycles. The molecule has 4 rings (SSSR count). The van der Waals surface area contributed by atoms with E-state index in [9.17, 15) is 4.79 Å². The number of pyridine rings is 1. The molecule has 0 saturated carbocycles. The van der Waals surface area contributed by atoms with Crippen LogP contribution in [0.4, 0.5) is 10.8 Å². The number of carbonyl (C=O) groups excluding carboxylic acids is 1. The molecule has 1 fully saturated rings. The third kappa shape index (κ3) is 3.99. The Morgan fingerprint density at radius 2 is 1.88 bits per heavy atom. The Labute approximate surface area is 151 Å². The number of nitrogens with one attached hydrogen (secondary N) is 1. The van der Waals surface area contributed by atoms with Gasteiger partial charge in [0.15, 0.2) is 5.13 Å². The molecule has 1 aliphatic carbocycles. The highest BCUT2D eigenvalue weighted by molar-refractivity contribution is 7.15. The average molecular weight is 357 g/mol. The molecule has 0 atom stereocenters. The van der Waals surface area contributed by atoms with Crippen molar-refractivity contribution in [3.05, 3.63) is 35.1 Å². The number of aryl methyl sites for hydroxylation is 2. The minimum Gasteiger partial charge on any atom is -0.369 e. The summed E-state index contributed by atoms with van der Waals surface area (Å²) in [6, 6.07) is 4.07. The van der Waals surface area contributed by atoms with E-state index in [0.29, 0.717) is 6.54 Å². The first-order chi connectivity index (χ1) is 12.3. The van der Waals surface area contributed by atoms with Crippen LogP contribution in [0.5, 0.6) is 0 Å². The molecule has 6 nitrogen and oxygen atoms in total. The van der Waals surface area contributed by atoms with Crippen LogP contribution in [0.15, 0.2) is 24.5 Å². The minimum atomic E-state index is 0.0449. The van der Waals surface area contributed by atoms with Crippen molar-refractivity contribution in [3.63, 3.8) is 0 Å². The Morgan fingerprint density at radius 3 is 2.64 bits per heavy atom. The lowest BCUT2D eigenvalue weighted by Crippen LogP contribution is -2.48. The molecule has 2 aromatic heterocycles. The third-order valence-electron chi connectivity index (χ3n) is 4.86. The minimum absolute atomic E-state index is 0.0449. The second-order valence-electron chi connectivity index (χ2n) is 6.61. The molecule has 1 aliphatic heterocycles. The van der Waals surface area contributed by atoms with E-state index in [2.05, 4.69) is 25.1 Å². The zero-order chi connectivity index (χ0) is 17.1. The molecule has 1 amide bonds.